The Bertz CT molecular complexity index is 615. The minimum absolute atomic E-state index is 0.245. The first-order chi connectivity index (χ1) is 10.2. The van der Waals surface area contributed by atoms with E-state index in [2.05, 4.69) is 49.4 Å². The predicted octanol–water partition coefficient (Wildman–Crippen LogP) is 4.02. The van der Waals surface area contributed by atoms with Crippen LogP contribution in [0.25, 0.3) is 0 Å². The van der Waals surface area contributed by atoms with Crippen LogP contribution in [0.3, 0.4) is 0 Å². The van der Waals surface area contributed by atoms with Gasteiger partial charge in [0.15, 0.2) is 0 Å². The highest BCUT2D eigenvalue weighted by Crippen LogP contribution is 2.23. The Kier molecular flexibility index (Phi) is 4.40. The Morgan fingerprint density at radius 2 is 1.86 bits per heavy atom. The van der Waals surface area contributed by atoms with E-state index in [-0.39, 0.29) is 6.10 Å². The van der Waals surface area contributed by atoms with E-state index < -0.39 is 0 Å². The molecule has 0 fully saturated rings. The van der Waals surface area contributed by atoms with Crippen LogP contribution in [0.1, 0.15) is 40.7 Å². The normalized spacial score (nSPS) is 15.0. The molecule has 21 heavy (non-hydrogen) atoms. The van der Waals surface area contributed by atoms with Crippen LogP contribution in [0.4, 0.5) is 0 Å². The Labute approximate surface area is 127 Å². The highest BCUT2D eigenvalue weighted by Gasteiger charge is 2.12. The lowest BCUT2D eigenvalue weighted by atomic mass is 9.98. The molecule has 110 valence electrons. The fourth-order valence-electron chi connectivity index (χ4n) is 3.33. The molecule has 1 N–H and O–H groups in total. The molecule has 2 aromatic carbocycles. The number of aliphatic hydroxyl groups is 1. The first-order valence-electron chi connectivity index (χ1n) is 8.05. The highest BCUT2D eigenvalue weighted by atomic mass is 16.3. The fraction of sp³-hybridized carbons (Fsp3) is 0.400. The van der Waals surface area contributed by atoms with Gasteiger partial charge in [-0.2, -0.15) is 0 Å². The van der Waals surface area contributed by atoms with Crippen molar-refractivity contribution in [1.29, 1.82) is 0 Å². The molecule has 0 aromatic heterocycles. The summed E-state index contributed by atoms with van der Waals surface area (Å²) in [5, 5.41) is 10.3. The molecule has 1 nitrogen and oxygen atoms in total. The summed E-state index contributed by atoms with van der Waals surface area (Å²) < 4.78 is 0. The topological polar surface area (TPSA) is 20.2 Å². The lowest BCUT2D eigenvalue weighted by Crippen LogP contribution is -2.12. The quantitative estimate of drug-likeness (QED) is 0.877. The van der Waals surface area contributed by atoms with Gasteiger partial charge in [0.1, 0.15) is 0 Å². The molecule has 0 saturated carbocycles. The fourth-order valence-corrected chi connectivity index (χ4v) is 3.33. The molecule has 1 aliphatic rings. The van der Waals surface area contributed by atoms with Gasteiger partial charge in [-0.25, -0.2) is 0 Å². The molecule has 3 rings (SSSR count). The van der Waals surface area contributed by atoms with E-state index in [9.17, 15) is 5.11 Å². The average molecular weight is 280 g/mol. The number of rotatable bonds is 5. The van der Waals surface area contributed by atoms with Gasteiger partial charge in [0, 0.05) is 0 Å². The third-order valence-corrected chi connectivity index (χ3v) is 4.48. The lowest BCUT2D eigenvalue weighted by Gasteiger charge is -2.12. The standard InChI is InChI=1S/C20H24O/c1-15-4-2-5-16(12-15)9-11-20(21)14-17-8-10-18-6-3-7-19(18)13-17/h2,4-5,8,10,12-13,20-21H,3,6-7,9,11,14H2,1H3. The zero-order valence-corrected chi connectivity index (χ0v) is 12.8. The van der Waals surface area contributed by atoms with Crippen molar-refractivity contribution in [1.82, 2.24) is 0 Å². The second kappa shape index (κ2) is 6.44. The van der Waals surface area contributed by atoms with Crippen LogP contribution in [-0.4, -0.2) is 11.2 Å². The molecule has 1 heteroatoms. The molecule has 1 unspecified atom stereocenters. The summed E-state index contributed by atoms with van der Waals surface area (Å²) in [6.07, 6.45) is 6.04. The minimum atomic E-state index is -0.245. The first-order valence-corrected chi connectivity index (χ1v) is 8.05. The maximum absolute atomic E-state index is 10.3. The minimum Gasteiger partial charge on any atom is -0.393 e. The summed E-state index contributed by atoms with van der Waals surface area (Å²) in [5.41, 5.74) is 6.90. The monoisotopic (exact) mass is 280 g/mol. The molecule has 0 amide bonds. The number of aryl methyl sites for hydroxylation is 4. The van der Waals surface area contributed by atoms with Crippen molar-refractivity contribution in [2.75, 3.05) is 0 Å². The van der Waals surface area contributed by atoms with Crippen molar-refractivity contribution < 1.29 is 5.11 Å². The van der Waals surface area contributed by atoms with Crippen LogP contribution < -0.4 is 0 Å². The molecular weight excluding hydrogens is 256 g/mol. The van der Waals surface area contributed by atoms with E-state index in [1.807, 2.05) is 0 Å². The molecule has 0 heterocycles. The molecule has 1 atom stereocenters. The Balaban J connectivity index is 1.55. The zero-order valence-electron chi connectivity index (χ0n) is 12.8. The summed E-state index contributed by atoms with van der Waals surface area (Å²) in [7, 11) is 0. The molecule has 0 radical (unpaired) electrons. The van der Waals surface area contributed by atoms with Gasteiger partial charge in [-0.3, -0.25) is 0 Å². The second-order valence-corrected chi connectivity index (χ2v) is 6.34. The third kappa shape index (κ3) is 3.74. The molecular formula is C20H24O. The maximum Gasteiger partial charge on any atom is 0.0583 e. The lowest BCUT2D eigenvalue weighted by molar-refractivity contribution is 0.165. The van der Waals surface area contributed by atoms with Crippen LogP contribution in [0.2, 0.25) is 0 Å². The van der Waals surface area contributed by atoms with Crippen LogP contribution in [0.15, 0.2) is 42.5 Å². The van der Waals surface area contributed by atoms with Crippen molar-refractivity contribution >= 4 is 0 Å². The summed E-state index contributed by atoms with van der Waals surface area (Å²) in [4.78, 5) is 0. The van der Waals surface area contributed by atoms with Crippen LogP contribution in [0.5, 0.6) is 0 Å². The summed E-state index contributed by atoms with van der Waals surface area (Å²) in [6, 6.07) is 15.3. The van der Waals surface area contributed by atoms with Crippen molar-refractivity contribution in [3.8, 4) is 0 Å². The van der Waals surface area contributed by atoms with E-state index in [0.29, 0.717) is 0 Å². The van der Waals surface area contributed by atoms with E-state index in [1.54, 1.807) is 0 Å². The Morgan fingerprint density at radius 3 is 2.71 bits per heavy atom. The largest absolute Gasteiger partial charge is 0.393 e. The van der Waals surface area contributed by atoms with Crippen molar-refractivity contribution in [2.24, 2.45) is 0 Å². The smallest absolute Gasteiger partial charge is 0.0583 e. The van der Waals surface area contributed by atoms with Gasteiger partial charge in [-0.1, -0.05) is 48.0 Å². The highest BCUT2D eigenvalue weighted by molar-refractivity contribution is 5.35. The van der Waals surface area contributed by atoms with Crippen LogP contribution in [0, 0.1) is 6.92 Å². The molecule has 0 bridgehead atoms. The van der Waals surface area contributed by atoms with Gasteiger partial charge in [-0.15, -0.1) is 0 Å². The number of benzene rings is 2. The molecule has 0 aliphatic heterocycles. The van der Waals surface area contributed by atoms with Gasteiger partial charge in [0.2, 0.25) is 0 Å². The summed E-state index contributed by atoms with van der Waals surface area (Å²) in [6.45, 7) is 2.12. The second-order valence-electron chi connectivity index (χ2n) is 6.34. The van der Waals surface area contributed by atoms with Crippen LogP contribution >= 0.6 is 0 Å². The number of hydrogen-bond donors (Lipinski definition) is 1. The van der Waals surface area contributed by atoms with Gasteiger partial charge in [0.05, 0.1) is 6.10 Å². The molecule has 1 aliphatic carbocycles. The number of fused-ring (bicyclic) bond motifs is 1. The third-order valence-electron chi connectivity index (χ3n) is 4.48. The van der Waals surface area contributed by atoms with Crippen molar-refractivity contribution in [2.45, 2.75) is 51.6 Å². The summed E-state index contributed by atoms with van der Waals surface area (Å²) in [5.74, 6) is 0. The van der Waals surface area contributed by atoms with E-state index in [1.165, 1.54) is 47.1 Å². The van der Waals surface area contributed by atoms with Crippen molar-refractivity contribution in [3.63, 3.8) is 0 Å². The SMILES string of the molecule is Cc1cccc(CCC(O)Cc2ccc3c(c2)CCC3)c1. The van der Waals surface area contributed by atoms with Crippen molar-refractivity contribution in [3.05, 3.63) is 70.3 Å². The zero-order chi connectivity index (χ0) is 14.7. The average Bonchev–Trinajstić information content (AvgIpc) is 2.93. The summed E-state index contributed by atoms with van der Waals surface area (Å²) >= 11 is 0. The van der Waals surface area contributed by atoms with E-state index in [4.69, 9.17) is 0 Å². The molecule has 0 spiro atoms. The van der Waals surface area contributed by atoms with Gasteiger partial charge in [-0.05, 0) is 67.7 Å². The van der Waals surface area contributed by atoms with Gasteiger partial charge < -0.3 is 5.11 Å². The van der Waals surface area contributed by atoms with Gasteiger partial charge >= 0.3 is 0 Å². The van der Waals surface area contributed by atoms with E-state index in [0.717, 1.165) is 19.3 Å². The maximum atomic E-state index is 10.3. The molecule has 2 aromatic rings. The van der Waals surface area contributed by atoms with E-state index >= 15 is 0 Å². The Hall–Kier alpha value is -1.60. The molecule has 0 saturated heterocycles. The first kappa shape index (κ1) is 14.3. The number of aliphatic hydroxyl groups excluding tert-OH is 1. The predicted molar refractivity (Wildman–Crippen MR) is 87.7 cm³/mol. The van der Waals surface area contributed by atoms with Gasteiger partial charge in [0.25, 0.3) is 0 Å². The number of hydrogen-bond acceptors (Lipinski definition) is 1. The van der Waals surface area contributed by atoms with Crippen LogP contribution in [-0.2, 0) is 25.7 Å². The Morgan fingerprint density at radius 1 is 1.00 bits per heavy atom.